The van der Waals surface area contributed by atoms with Crippen molar-refractivity contribution in [2.24, 2.45) is 0 Å². The van der Waals surface area contributed by atoms with Gasteiger partial charge in [-0.15, -0.1) is 0 Å². The molecule has 2 aromatic carbocycles. The molecule has 15 nitrogen and oxygen atoms in total. The van der Waals surface area contributed by atoms with E-state index in [9.17, 15) is 28.4 Å². The van der Waals surface area contributed by atoms with Gasteiger partial charge in [-0.25, -0.2) is 9.37 Å². The zero-order valence-electron chi connectivity index (χ0n) is 32.7. The zero-order chi connectivity index (χ0) is 42.1. The SMILES string of the molecule is Nc1ncc(-c2cnn(C3CCN(C(=O)CCCCN4CC(Nc5cccc6c5C(=O)N([C@@H]5CCC(=O)NC5=O)C6=O)C4)CC3)c2)cc1OCCc1c(Cl)ccc(F)c1Cl. The van der Waals surface area contributed by atoms with E-state index < -0.39 is 35.5 Å². The first-order valence-electron chi connectivity index (χ1n) is 20.1. The van der Waals surface area contributed by atoms with Crippen LogP contribution in [-0.4, -0.2) is 110 Å². The third-order valence-corrected chi connectivity index (χ3v) is 12.4. The number of fused-ring (bicyclic) bond motifs is 1. The molecule has 2 aromatic heterocycles. The lowest BCUT2D eigenvalue weighted by atomic mass is 10.0. The molecule has 0 radical (unpaired) electrons. The second-order valence-electron chi connectivity index (χ2n) is 15.6. The fraction of sp³-hybridized carbons (Fsp3) is 0.405. The van der Waals surface area contributed by atoms with E-state index in [1.165, 1.54) is 12.1 Å². The van der Waals surface area contributed by atoms with Crippen molar-refractivity contribution < 1.29 is 33.1 Å². The van der Waals surface area contributed by atoms with Crippen molar-refractivity contribution in [3.63, 3.8) is 0 Å². The summed E-state index contributed by atoms with van der Waals surface area (Å²) in [5, 5.41) is 10.6. The van der Waals surface area contributed by atoms with Gasteiger partial charge in [0.15, 0.2) is 11.6 Å². The van der Waals surface area contributed by atoms with Gasteiger partial charge in [0.05, 0.1) is 41.0 Å². The molecule has 60 heavy (non-hydrogen) atoms. The van der Waals surface area contributed by atoms with Crippen LogP contribution in [0.15, 0.2) is 55.0 Å². The van der Waals surface area contributed by atoms with E-state index in [1.54, 1.807) is 36.7 Å². The fourth-order valence-electron chi connectivity index (χ4n) is 8.33. The van der Waals surface area contributed by atoms with Crippen LogP contribution in [0.1, 0.15) is 77.3 Å². The van der Waals surface area contributed by atoms with Crippen molar-refractivity contribution in [1.29, 1.82) is 0 Å². The largest absolute Gasteiger partial charge is 0.489 e. The summed E-state index contributed by atoms with van der Waals surface area (Å²) in [6, 6.07) is 8.76. The Hall–Kier alpha value is -5.58. The van der Waals surface area contributed by atoms with Gasteiger partial charge in [-0.3, -0.25) is 43.8 Å². The van der Waals surface area contributed by atoms with Crippen LogP contribution < -0.4 is 21.1 Å². The molecule has 18 heteroatoms. The van der Waals surface area contributed by atoms with E-state index in [2.05, 4.69) is 25.6 Å². The normalized spacial score (nSPS) is 18.8. The zero-order valence-corrected chi connectivity index (χ0v) is 34.2. The summed E-state index contributed by atoms with van der Waals surface area (Å²) in [4.78, 5) is 73.2. The molecule has 4 N–H and O–H groups in total. The average molecular weight is 861 g/mol. The minimum absolute atomic E-state index is 0.0302. The smallest absolute Gasteiger partial charge is 0.264 e. The highest BCUT2D eigenvalue weighted by atomic mass is 35.5. The van der Waals surface area contributed by atoms with Crippen LogP contribution in [0.5, 0.6) is 5.75 Å². The number of amides is 5. The molecular weight excluding hydrogens is 816 g/mol. The number of aromatic nitrogens is 3. The number of carbonyl (C=O) groups excluding carboxylic acids is 5. The Morgan fingerprint density at radius 3 is 2.58 bits per heavy atom. The quantitative estimate of drug-likeness (QED) is 0.0869. The van der Waals surface area contributed by atoms with Gasteiger partial charge in [0.2, 0.25) is 17.7 Å². The highest BCUT2D eigenvalue weighted by molar-refractivity contribution is 6.36. The summed E-state index contributed by atoms with van der Waals surface area (Å²) in [7, 11) is 0. The molecule has 314 valence electrons. The molecule has 3 fully saturated rings. The van der Waals surface area contributed by atoms with Gasteiger partial charge in [-0.2, -0.15) is 5.10 Å². The van der Waals surface area contributed by atoms with E-state index in [-0.39, 0.29) is 65.8 Å². The lowest BCUT2D eigenvalue weighted by Crippen LogP contribution is -2.55. The summed E-state index contributed by atoms with van der Waals surface area (Å²) >= 11 is 12.3. The number of rotatable bonds is 14. The Kier molecular flexibility index (Phi) is 12.1. The number of hydrogen-bond donors (Lipinski definition) is 3. The Morgan fingerprint density at radius 2 is 1.80 bits per heavy atom. The molecule has 1 atom stereocenters. The van der Waals surface area contributed by atoms with E-state index in [1.807, 2.05) is 15.8 Å². The van der Waals surface area contributed by atoms with E-state index in [0.29, 0.717) is 41.5 Å². The molecule has 6 heterocycles. The van der Waals surface area contributed by atoms with E-state index >= 15 is 0 Å². The molecular formula is C42H44Cl2FN9O6. The number of ether oxygens (including phenoxy) is 1. The number of benzene rings is 2. The first-order valence-corrected chi connectivity index (χ1v) is 20.9. The number of hydrogen-bond acceptors (Lipinski definition) is 11. The van der Waals surface area contributed by atoms with Crippen LogP contribution >= 0.6 is 23.2 Å². The standard InChI is InChI=1S/C42H44Cl2FN9O6/c43-30-7-8-31(45)38(44)28(30)13-17-60-34-18-24(19-47-39(34)46)25-20-48-53(21-25)27-11-15-52(16-12-27)36(56)6-1-2-14-51-22-26(23-51)49-32-5-3-4-29-37(32)42(59)54(41(29)58)33-9-10-35(55)50-40(33)57/h3-5,7-8,18-21,26-27,33,49H,1-2,6,9-17,22-23H2,(H2,46,47)(H,50,55,57)/t33-/m1/s1. The minimum atomic E-state index is -1.01. The summed E-state index contributed by atoms with van der Waals surface area (Å²) in [5.74, 6) is -1.89. The van der Waals surface area contributed by atoms with Crippen molar-refractivity contribution in [2.75, 3.05) is 50.4 Å². The molecule has 0 unspecified atom stereocenters. The second kappa shape index (κ2) is 17.6. The molecule has 0 bridgehead atoms. The molecule has 3 saturated heterocycles. The van der Waals surface area contributed by atoms with E-state index in [4.69, 9.17) is 33.7 Å². The first kappa shape index (κ1) is 41.2. The number of unbranched alkanes of at least 4 members (excludes halogenated alkanes) is 1. The van der Waals surface area contributed by atoms with Crippen molar-refractivity contribution in [3.05, 3.63) is 87.5 Å². The maximum atomic E-state index is 13.9. The average Bonchev–Trinajstić information content (AvgIpc) is 3.82. The van der Waals surface area contributed by atoms with E-state index in [0.717, 1.165) is 61.3 Å². The number of anilines is 2. The van der Waals surface area contributed by atoms with Crippen LogP contribution in [0, 0.1) is 5.82 Å². The van der Waals surface area contributed by atoms with Crippen molar-refractivity contribution >= 4 is 64.2 Å². The Balaban J connectivity index is 0.743. The summed E-state index contributed by atoms with van der Waals surface area (Å²) in [6.45, 7) is 3.83. The van der Waals surface area contributed by atoms with Crippen LogP contribution in [0.25, 0.3) is 11.1 Å². The van der Waals surface area contributed by atoms with Crippen LogP contribution in [0.3, 0.4) is 0 Å². The minimum Gasteiger partial charge on any atom is -0.489 e. The molecule has 0 saturated carbocycles. The third-order valence-electron chi connectivity index (χ3n) is 11.7. The molecule has 0 aliphatic carbocycles. The number of piperidine rings is 2. The van der Waals surface area contributed by atoms with Crippen LogP contribution in [-0.2, 0) is 20.8 Å². The van der Waals surface area contributed by atoms with Gasteiger partial charge in [0.25, 0.3) is 11.8 Å². The molecule has 0 spiro atoms. The lowest BCUT2D eigenvalue weighted by Gasteiger charge is -2.40. The van der Waals surface area contributed by atoms with Gasteiger partial charge in [0, 0.05) is 79.7 Å². The predicted molar refractivity (Wildman–Crippen MR) is 221 cm³/mol. The molecule has 5 amide bonds. The van der Waals surface area contributed by atoms with Gasteiger partial charge >= 0.3 is 0 Å². The maximum absolute atomic E-state index is 13.9. The highest BCUT2D eigenvalue weighted by Crippen LogP contribution is 2.34. The monoisotopic (exact) mass is 859 g/mol. The highest BCUT2D eigenvalue weighted by Gasteiger charge is 2.46. The Bertz CT molecular complexity index is 2350. The topological polar surface area (TPSA) is 185 Å². The number of imide groups is 2. The molecule has 4 aliphatic heterocycles. The maximum Gasteiger partial charge on any atom is 0.264 e. The number of nitrogens with one attached hydrogen (secondary N) is 2. The molecule has 4 aliphatic rings. The molecule has 8 rings (SSSR count). The molecule has 4 aromatic rings. The van der Waals surface area contributed by atoms with Crippen molar-refractivity contribution in [1.82, 2.24) is 34.8 Å². The number of halogens is 3. The van der Waals surface area contributed by atoms with Crippen LogP contribution in [0.4, 0.5) is 15.9 Å². The van der Waals surface area contributed by atoms with Gasteiger partial charge in [0.1, 0.15) is 11.9 Å². The number of nitrogen functional groups attached to an aromatic ring is 1. The van der Waals surface area contributed by atoms with Crippen molar-refractivity contribution in [2.45, 2.75) is 69.5 Å². The van der Waals surface area contributed by atoms with Crippen LogP contribution in [0.2, 0.25) is 10.0 Å². The summed E-state index contributed by atoms with van der Waals surface area (Å²) in [5.41, 5.74) is 9.23. The lowest BCUT2D eigenvalue weighted by molar-refractivity contribution is -0.136. The summed E-state index contributed by atoms with van der Waals surface area (Å²) < 4.78 is 21.8. The number of pyridine rings is 1. The number of nitrogens with zero attached hydrogens (tertiary/aromatic N) is 6. The number of carbonyl (C=O) groups is 5. The Morgan fingerprint density at radius 1 is 1.00 bits per heavy atom. The van der Waals surface area contributed by atoms with Gasteiger partial charge in [-0.05, 0) is 74.5 Å². The predicted octanol–water partition coefficient (Wildman–Crippen LogP) is 5.13. The fourth-order valence-corrected chi connectivity index (χ4v) is 8.88. The van der Waals surface area contributed by atoms with Crippen molar-refractivity contribution in [3.8, 4) is 16.9 Å². The third kappa shape index (κ3) is 8.54. The Labute approximate surface area is 355 Å². The summed E-state index contributed by atoms with van der Waals surface area (Å²) in [6.07, 6.45) is 9.56. The number of likely N-dealkylation sites (tertiary alicyclic amines) is 2. The second-order valence-corrected chi connectivity index (χ2v) is 16.4. The van der Waals surface area contributed by atoms with Gasteiger partial charge < -0.3 is 20.7 Å². The van der Waals surface area contributed by atoms with Gasteiger partial charge in [-0.1, -0.05) is 29.3 Å². The first-order chi connectivity index (χ1) is 28.9. The number of nitrogens with two attached hydrogens (primary N) is 1.